The zero-order valence-corrected chi connectivity index (χ0v) is 8.18. The summed E-state index contributed by atoms with van der Waals surface area (Å²) in [7, 11) is 1.76. The van der Waals surface area contributed by atoms with Crippen LogP contribution in [-0.2, 0) is 11.2 Å². The van der Waals surface area contributed by atoms with Gasteiger partial charge in [0.25, 0.3) is 0 Å². The molecule has 1 N–H and O–H groups in total. The molecule has 0 saturated heterocycles. The lowest BCUT2D eigenvalue weighted by Crippen LogP contribution is -2.10. The number of H-pyrrole nitrogens is 1. The van der Waals surface area contributed by atoms with Crippen LogP contribution in [0.4, 0.5) is 0 Å². The standard InChI is InChI=1S/C11H17NO/c1-13-8-6-11-10(5-7-12-11)9-3-2-4-9/h5,7,9,12H,2-4,6,8H2,1H3. The first kappa shape index (κ1) is 8.82. The molecule has 2 rings (SSSR count). The first-order valence-corrected chi connectivity index (χ1v) is 5.07. The van der Waals surface area contributed by atoms with Crippen molar-refractivity contribution in [2.45, 2.75) is 31.6 Å². The van der Waals surface area contributed by atoms with Gasteiger partial charge in [0.2, 0.25) is 0 Å². The van der Waals surface area contributed by atoms with Gasteiger partial charge in [0.1, 0.15) is 0 Å². The molecule has 0 radical (unpaired) electrons. The average molecular weight is 179 g/mol. The Morgan fingerprint density at radius 2 is 2.38 bits per heavy atom. The Morgan fingerprint density at radius 1 is 1.54 bits per heavy atom. The molecule has 0 spiro atoms. The smallest absolute Gasteiger partial charge is 0.0517 e. The normalized spacial score (nSPS) is 17.3. The van der Waals surface area contributed by atoms with Gasteiger partial charge in [-0.05, 0) is 30.4 Å². The Hall–Kier alpha value is -0.760. The third-order valence-corrected chi connectivity index (χ3v) is 2.97. The summed E-state index contributed by atoms with van der Waals surface area (Å²) in [6.07, 6.45) is 7.23. The summed E-state index contributed by atoms with van der Waals surface area (Å²) < 4.78 is 5.08. The molecule has 1 fully saturated rings. The van der Waals surface area contributed by atoms with E-state index in [0.717, 1.165) is 18.9 Å². The number of hydrogen-bond donors (Lipinski definition) is 1. The number of aromatic nitrogens is 1. The Kier molecular flexibility index (Phi) is 2.69. The topological polar surface area (TPSA) is 25.0 Å². The molecule has 72 valence electrons. The van der Waals surface area contributed by atoms with E-state index in [1.165, 1.54) is 30.5 Å². The van der Waals surface area contributed by atoms with Gasteiger partial charge in [-0.1, -0.05) is 6.42 Å². The minimum Gasteiger partial charge on any atom is -0.384 e. The highest BCUT2D eigenvalue weighted by molar-refractivity contribution is 5.26. The maximum Gasteiger partial charge on any atom is 0.0517 e. The van der Waals surface area contributed by atoms with Crippen molar-refractivity contribution in [1.82, 2.24) is 4.98 Å². The van der Waals surface area contributed by atoms with Crippen LogP contribution in [0, 0.1) is 0 Å². The minimum atomic E-state index is 0.820. The molecular weight excluding hydrogens is 162 g/mol. The quantitative estimate of drug-likeness (QED) is 0.754. The summed E-state index contributed by atoms with van der Waals surface area (Å²) in [5.74, 6) is 0.832. The van der Waals surface area contributed by atoms with Crippen molar-refractivity contribution in [3.8, 4) is 0 Å². The SMILES string of the molecule is COCCc1[nH]ccc1C1CCC1. The maximum absolute atomic E-state index is 5.08. The molecule has 1 heterocycles. The summed E-state index contributed by atoms with van der Waals surface area (Å²) >= 11 is 0. The Bertz CT molecular complexity index is 263. The van der Waals surface area contributed by atoms with Gasteiger partial charge in [0, 0.05) is 25.4 Å². The zero-order valence-electron chi connectivity index (χ0n) is 8.18. The molecule has 0 amide bonds. The van der Waals surface area contributed by atoms with Gasteiger partial charge in [-0.25, -0.2) is 0 Å². The largest absolute Gasteiger partial charge is 0.384 e. The summed E-state index contributed by atoms with van der Waals surface area (Å²) in [5.41, 5.74) is 2.91. The van der Waals surface area contributed by atoms with E-state index in [1.807, 2.05) is 0 Å². The molecule has 2 nitrogen and oxygen atoms in total. The Labute approximate surface area is 79.3 Å². The number of nitrogens with one attached hydrogen (secondary N) is 1. The van der Waals surface area contributed by atoms with Crippen molar-refractivity contribution < 1.29 is 4.74 Å². The average Bonchev–Trinajstić information content (AvgIpc) is 2.46. The lowest BCUT2D eigenvalue weighted by atomic mass is 9.80. The number of aromatic amines is 1. The fourth-order valence-electron chi connectivity index (χ4n) is 1.94. The van der Waals surface area contributed by atoms with Crippen molar-refractivity contribution >= 4 is 0 Å². The van der Waals surface area contributed by atoms with E-state index < -0.39 is 0 Å². The van der Waals surface area contributed by atoms with E-state index in [-0.39, 0.29) is 0 Å². The lowest BCUT2D eigenvalue weighted by Gasteiger charge is -2.25. The first-order valence-electron chi connectivity index (χ1n) is 5.07. The maximum atomic E-state index is 5.08. The van der Waals surface area contributed by atoms with E-state index in [9.17, 15) is 0 Å². The number of hydrogen-bond acceptors (Lipinski definition) is 1. The summed E-state index contributed by atoms with van der Waals surface area (Å²) in [5, 5.41) is 0. The number of ether oxygens (including phenoxy) is 1. The first-order chi connectivity index (χ1) is 6.42. The van der Waals surface area contributed by atoms with E-state index in [2.05, 4.69) is 17.2 Å². The molecule has 1 aliphatic rings. The van der Waals surface area contributed by atoms with Gasteiger partial charge in [-0.3, -0.25) is 0 Å². The molecule has 1 aromatic rings. The Balaban J connectivity index is 2.02. The lowest BCUT2D eigenvalue weighted by molar-refractivity contribution is 0.201. The van der Waals surface area contributed by atoms with Crippen LogP contribution in [0.5, 0.6) is 0 Å². The molecule has 0 bridgehead atoms. The van der Waals surface area contributed by atoms with E-state index in [4.69, 9.17) is 4.74 Å². The second kappa shape index (κ2) is 3.97. The predicted molar refractivity (Wildman–Crippen MR) is 53.0 cm³/mol. The van der Waals surface area contributed by atoms with Crippen molar-refractivity contribution in [1.29, 1.82) is 0 Å². The Morgan fingerprint density at radius 3 is 3.00 bits per heavy atom. The van der Waals surface area contributed by atoms with Crippen molar-refractivity contribution in [3.05, 3.63) is 23.5 Å². The van der Waals surface area contributed by atoms with Crippen LogP contribution < -0.4 is 0 Å². The van der Waals surface area contributed by atoms with Crippen LogP contribution in [-0.4, -0.2) is 18.7 Å². The third-order valence-electron chi connectivity index (χ3n) is 2.97. The molecule has 1 aromatic heterocycles. The van der Waals surface area contributed by atoms with E-state index in [1.54, 1.807) is 7.11 Å². The fraction of sp³-hybridized carbons (Fsp3) is 0.636. The van der Waals surface area contributed by atoms with Gasteiger partial charge < -0.3 is 9.72 Å². The van der Waals surface area contributed by atoms with E-state index in [0.29, 0.717) is 0 Å². The van der Waals surface area contributed by atoms with Crippen LogP contribution in [0.3, 0.4) is 0 Å². The van der Waals surface area contributed by atoms with Crippen LogP contribution >= 0.6 is 0 Å². The van der Waals surface area contributed by atoms with Gasteiger partial charge in [-0.2, -0.15) is 0 Å². The molecule has 0 unspecified atom stereocenters. The summed E-state index contributed by atoms with van der Waals surface area (Å²) in [6, 6.07) is 2.23. The van der Waals surface area contributed by atoms with Gasteiger partial charge in [0.05, 0.1) is 6.61 Å². The van der Waals surface area contributed by atoms with Gasteiger partial charge >= 0.3 is 0 Å². The molecule has 1 aliphatic carbocycles. The van der Waals surface area contributed by atoms with Crippen molar-refractivity contribution in [2.24, 2.45) is 0 Å². The molecule has 1 saturated carbocycles. The fourth-order valence-corrected chi connectivity index (χ4v) is 1.94. The summed E-state index contributed by atoms with van der Waals surface area (Å²) in [6.45, 7) is 0.820. The monoisotopic (exact) mass is 179 g/mol. The van der Waals surface area contributed by atoms with Crippen LogP contribution in [0.1, 0.15) is 36.4 Å². The highest BCUT2D eigenvalue weighted by Crippen LogP contribution is 2.37. The summed E-state index contributed by atoms with van der Waals surface area (Å²) in [4.78, 5) is 3.31. The number of methoxy groups -OCH3 is 1. The van der Waals surface area contributed by atoms with Crippen molar-refractivity contribution in [3.63, 3.8) is 0 Å². The third kappa shape index (κ3) is 1.78. The van der Waals surface area contributed by atoms with Crippen molar-refractivity contribution in [2.75, 3.05) is 13.7 Å². The second-order valence-corrected chi connectivity index (χ2v) is 3.78. The second-order valence-electron chi connectivity index (χ2n) is 3.78. The van der Waals surface area contributed by atoms with Gasteiger partial charge in [-0.15, -0.1) is 0 Å². The zero-order chi connectivity index (χ0) is 9.10. The van der Waals surface area contributed by atoms with Crippen LogP contribution in [0.2, 0.25) is 0 Å². The van der Waals surface area contributed by atoms with Crippen LogP contribution in [0.15, 0.2) is 12.3 Å². The molecular formula is C11H17NO. The molecule has 0 aromatic carbocycles. The minimum absolute atomic E-state index is 0.820. The molecule has 0 atom stereocenters. The molecule has 13 heavy (non-hydrogen) atoms. The van der Waals surface area contributed by atoms with Gasteiger partial charge in [0.15, 0.2) is 0 Å². The molecule has 0 aliphatic heterocycles. The predicted octanol–water partition coefficient (Wildman–Crippen LogP) is 2.47. The van der Waals surface area contributed by atoms with Crippen LogP contribution in [0.25, 0.3) is 0 Å². The van der Waals surface area contributed by atoms with E-state index >= 15 is 0 Å². The molecule has 2 heteroatoms. The highest BCUT2D eigenvalue weighted by atomic mass is 16.5. The highest BCUT2D eigenvalue weighted by Gasteiger charge is 2.22. The number of rotatable bonds is 4.